The molecule has 1 aromatic rings. The fourth-order valence-corrected chi connectivity index (χ4v) is 2.90. The molecule has 2 amide bonds. The van der Waals surface area contributed by atoms with Crippen molar-refractivity contribution in [1.29, 1.82) is 0 Å². The van der Waals surface area contributed by atoms with Crippen LogP contribution in [0.5, 0.6) is 0 Å². The Kier molecular flexibility index (Phi) is 8.42. The summed E-state index contributed by atoms with van der Waals surface area (Å²) in [6.45, 7) is 2.35. The molecule has 138 valence electrons. The molecule has 0 unspecified atom stereocenters. The largest absolute Gasteiger partial charge is 0.382 e. The molecular formula is C19H28N2O4. The molecule has 0 atom stereocenters. The summed E-state index contributed by atoms with van der Waals surface area (Å²) in [5.74, 6) is 0.0847. The highest BCUT2D eigenvalue weighted by Crippen LogP contribution is 2.13. The van der Waals surface area contributed by atoms with Crippen molar-refractivity contribution in [1.82, 2.24) is 10.2 Å². The van der Waals surface area contributed by atoms with E-state index in [1.807, 2.05) is 35.2 Å². The topological polar surface area (TPSA) is 67.9 Å². The normalized spacial score (nSPS) is 15.2. The van der Waals surface area contributed by atoms with Crippen molar-refractivity contribution in [3.05, 3.63) is 35.9 Å². The summed E-state index contributed by atoms with van der Waals surface area (Å²) in [4.78, 5) is 26.0. The summed E-state index contributed by atoms with van der Waals surface area (Å²) in [6.07, 6.45) is 2.89. The number of aryl methyl sites for hydroxylation is 1. The number of carbonyl (C=O) groups is 2. The third-order valence-corrected chi connectivity index (χ3v) is 4.35. The van der Waals surface area contributed by atoms with Crippen LogP contribution in [-0.4, -0.2) is 62.8 Å². The average Bonchev–Trinajstić information content (AvgIpc) is 2.65. The summed E-state index contributed by atoms with van der Waals surface area (Å²) >= 11 is 0. The Bertz CT molecular complexity index is 527. The zero-order valence-electron chi connectivity index (χ0n) is 14.9. The fourth-order valence-electron chi connectivity index (χ4n) is 2.90. The minimum atomic E-state index is -0.107. The van der Waals surface area contributed by atoms with Gasteiger partial charge in [0.25, 0.3) is 0 Å². The van der Waals surface area contributed by atoms with Gasteiger partial charge in [0.05, 0.1) is 13.2 Å². The van der Waals surface area contributed by atoms with Gasteiger partial charge in [-0.25, -0.2) is 0 Å². The molecule has 0 radical (unpaired) electrons. The fraction of sp³-hybridized carbons (Fsp3) is 0.579. The van der Waals surface area contributed by atoms with Gasteiger partial charge < -0.3 is 19.7 Å². The number of nitrogens with zero attached hydrogens (tertiary/aromatic N) is 1. The third-order valence-electron chi connectivity index (χ3n) is 4.35. The van der Waals surface area contributed by atoms with Crippen LogP contribution in [0.2, 0.25) is 0 Å². The molecule has 1 heterocycles. The Balaban J connectivity index is 1.62. The van der Waals surface area contributed by atoms with Gasteiger partial charge in [-0.3, -0.25) is 9.59 Å². The summed E-state index contributed by atoms with van der Waals surface area (Å²) in [5, 5.41) is 2.97. The number of carbonyl (C=O) groups excluding carboxylic acids is 2. The van der Waals surface area contributed by atoms with E-state index in [1.54, 1.807) is 7.11 Å². The predicted octanol–water partition coefficient (Wildman–Crippen LogP) is 1.39. The van der Waals surface area contributed by atoms with Gasteiger partial charge in [-0.05, 0) is 24.8 Å². The van der Waals surface area contributed by atoms with E-state index in [1.165, 1.54) is 5.56 Å². The zero-order valence-corrected chi connectivity index (χ0v) is 14.9. The Morgan fingerprint density at radius 1 is 1.16 bits per heavy atom. The number of benzene rings is 1. The molecule has 1 aliphatic rings. The zero-order chi connectivity index (χ0) is 17.9. The van der Waals surface area contributed by atoms with E-state index in [0.29, 0.717) is 32.7 Å². The minimum Gasteiger partial charge on any atom is -0.382 e. The molecule has 0 saturated carbocycles. The van der Waals surface area contributed by atoms with Crippen LogP contribution in [0.25, 0.3) is 0 Å². The molecule has 1 fully saturated rings. The van der Waals surface area contributed by atoms with Crippen molar-refractivity contribution in [3.63, 3.8) is 0 Å². The second-order valence-corrected chi connectivity index (χ2v) is 6.25. The summed E-state index contributed by atoms with van der Waals surface area (Å²) in [6, 6.07) is 10.2. The van der Waals surface area contributed by atoms with E-state index in [-0.39, 0.29) is 24.5 Å². The van der Waals surface area contributed by atoms with Gasteiger partial charge in [0.2, 0.25) is 11.8 Å². The highest BCUT2D eigenvalue weighted by molar-refractivity contribution is 5.78. The number of hydrogen-bond acceptors (Lipinski definition) is 4. The Hall–Kier alpha value is -1.92. The lowest BCUT2D eigenvalue weighted by Gasteiger charge is -2.32. The summed E-state index contributed by atoms with van der Waals surface area (Å²) in [5.41, 5.74) is 1.19. The van der Waals surface area contributed by atoms with Gasteiger partial charge in [0, 0.05) is 32.7 Å². The maximum atomic E-state index is 12.3. The first-order chi connectivity index (χ1) is 12.2. The van der Waals surface area contributed by atoms with Gasteiger partial charge in [-0.2, -0.15) is 0 Å². The standard InChI is InChI=1S/C19H28N2O4/c1-24-13-14-25-15-18(22)20-17-9-11-21(12-10-17)19(23)8-7-16-5-3-2-4-6-16/h2-6,17H,7-15H2,1H3,(H,20,22). The molecule has 0 aliphatic carbocycles. The maximum Gasteiger partial charge on any atom is 0.246 e. The number of nitrogens with one attached hydrogen (secondary N) is 1. The molecule has 1 saturated heterocycles. The molecule has 0 bridgehead atoms. The van der Waals surface area contributed by atoms with Gasteiger partial charge >= 0.3 is 0 Å². The van der Waals surface area contributed by atoms with Crippen LogP contribution in [0.4, 0.5) is 0 Å². The average molecular weight is 348 g/mol. The molecule has 6 nitrogen and oxygen atoms in total. The first-order valence-corrected chi connectivity index (χ1v) is 8.87. The molecule has 1 aliphatic heterocycles. The molecular weight excluding hydrogens is 320 g/mol. The molecule has 25 heavy (non-hydrogen) atoms. The molecule has 2 rings (SSSR count). The Morgan fingerprint density at radius 3 is 2.56 bits per heavy atom. The molecule has 6 heteroatoms. The maximum absolute atomic E-state index is 12.3. The van der Waals surface area contributed by atoms with E-state index >= 15 is 0 Å². The van der Waals surface area contributed by atoms with E-state index in [0.717, 1.165) is 19.3 Å². The van der Waals surface area contributed by atoms with Crippen LogP contribution >= 0.6 is 0 Å². The lowest BCUT2D eigenvalue weighted by atomic mass is 10.0. The Labute approximate surface area is 149 Å². The number of amides is 2. The third kappa shape index (κ3) is 7.23. The minimum absolute atomic E-state index is 0.0551. The summed E-state index contributed by atoms with van der Waals surface area (Å²) < 4.78 is 10.1. The first-order valence-electron chi connectivity index (χ1n) is 8.87. The lowest BCUT2D eigenvalue weighted by molar-refractivity contribution is -0.132. The van der Waals surface area contributed by atoms with E-state index < -0.39 is 0 Å². The first kappa shape index (κ1) is 19.4. The van der Waals surface area contributed by atoms with Crippen LogP contribution in [0.15, 0.2) is 30.3 Å². The quantitative estimate of drug-likeness (QED) is 0.685. The smallest absolute Gasteiger partial charge is 0.246 e. The van der Waals surface area contributed by atoms with E-state index in [9.17, 15) is 9.59 Å². The van der Waals surface area contributed by atoms with Gasteiger partial charge in [-0.1, -0.05) is 30.3 Å². The van der Waals surface area contributed by atoms with Gasteiger partial charge in [0.1, 0.15) is 6.61 Å². The van der Waals surface area contributed by atoms with Crippen molar-refractivity contribution >= 4 is 11.8 Å². The predicted molar refractivity (Wildman–Crippen MR) is 95.2 cm³/mol. The summed E-state index contributed by atoms with van der Waals surface area (Å²) in [7, 11) is 1.60. The number of rotatable bonds is 9. The van der Waals surface area contributed by atoms with Crippen LogP contribution < -0.4 is 5.32 Å². The van der Waals surface area contributed by atoms with Crippen LogP contribution in [0.3, 0.4) is 0 Å². The van der Waals surface area contributed by atoms with Crippen molar-refractivity contribution in [3.8, 4) is 0 Å². The number of likely N-dealkylation sites (tertiary alicyclic amines) is 1. The van der Waals surface area contributed by atoms with Crippen molar-refractivity contribution in [2.45, 2.75) is 31.7 Å². The molecule has 0 aromatic heterocycles. The van der Waals surface area contributed by atoms with Gasteiger partial charge in [0.15, 0.2) is 0 Å². The van der Waals surface area contributed by atoms with Crippen LogP contribution in [-0.2, 0) is 25.5 Å². The number of piperidine rings is 1. The lowest BCUT2D eigenvalue weighted by Crippen LogP contribution is -2.47. The van der Waals surface area contributed by atoms with Crippen molar-refractivity contribution in [2.75, 3.05) is 40.0 Å². The highest BCUT2D eigenvalue weighted by Gasteiger charge is 2.23. The number of hydrogen-bond donors (Lipinski definition) is 1. The van der Waals surface area contributed by atoms with Crippen molar-refractivity contribution < 1.29 is 19.1 Å². The highest BCUT2D eigenvalue weighted by atomic mass is 16.5. The SMILES string of the molecule is COCCOCC(=O)NC1CCN(C(=O)CCc2ccccc2)CC1. The molecule has 0 spiro atoms. The van der Waals surface area contributed by atoms with E-state index in [4.69, 9.17) is 9.47 Å². The van der Waals surface area contributed by atoms with Crippen molar-refractivity contribution in [2.24, 2.45) is 0 Å². The van der Waals surface area contributed by atoms with E-state index in [2.05, 4.69) is 5.32 Å². The number of methoxy groups -OCH3 is 1. The van der Waals surface area contributed by atoms with Crippen LogP contribution in [0.1, 0.15) is 24.8 Å². The molecule has 1 N–H and O–H groups in total. The monoisotopic (exact) mass is 348 g/mol. The van der Waals surface area contributed by atoms with Crippen LogP contribution in [0, 0.1) is 0 Å². The second kappa shape index (κ2) is 10.8. The molecule has 1 aromatic carbocycles. The second-order valence-electron chi connectivity index (χ2n) is 6.25. The van der Waals surface area contributed by atoms with Gasteiger partial charge in [-0.15, -0.1) is 0 Å². The Morgan fingerprint density at radius 2 is 1.88 bits per heavy atom. The number of ether oxygens (including phenoxy) is 2.